The number of thioether (sulfide) groups is 1. The second kappa shape index (κ2) is 5.50. The van der Waals surface area contributed by atoms with Gasteiger partial charge in [0.2, 0.25) is 0 Å². The molecule has 1 aliphatic heterocycles. The Morgan fingerprint density at radius 1 is 1.41 bits per heavy atom. The largest absolute Gasteiger partial charge is 0.496 e. The molecule has 2 N–H and O–H groups in total. The lowest BCUT2D eigenvalue weighted by molar-refractivity contribution is 0.389. The summed E-state index contributed by atoms with van der Waals surface area (Å²) in [5, 5.41) is 0. The smallest absolute Gasteiger partial charge is 0.138 e. The highest BCUT2D eigenvalue weighted by atomic mass is 79.9. The second-order valence-corrected chi connectivity index (χ2v) is 5.89. The van der Waals surface area contributed by atoms with Crippen LogP contribution < -0.4 is 15.2 Å². The first-order valence-electron chi connectivity index (χ1n) is 5.45. The predicted octanol–water partition coefficient (Wildman–Crippen LogP) is 3.10. The van der Waals surface area contributed by atoms with Gasteiger partial charge in [-0.05, 0) is 34.2 Å². The van der Waals surface area contributed by atoms with Crippen LogP contribution >= 0.6 is 27.7 Å². The monoisotopic (exact) mass is 317 g/mol. The van der Waals surface area contributed by atoms with Gasteiger partial charge in [0.15, 0.2) is 0 Å². The lowest BCUT2D eigenvalue weighted by Crippen LogP contribution is -2.14. The minimum atomic E-state index is 0.0151. The van der Waals surface area contributed by atoms with Crippen molar-refractivity contribution in [3.8, 4) is 11.5 Å². The molecular formula is C12H16BrNO2S. The second-order valence-electron chi connectivity index (χ2n) is 3.93. The van der Waals surface area contributed by atoms with E-state index in [9.17, 15) is 0 Å². The maximum Gasteiger partial charge on any atom is 0.138 e. The molecule has 3 nitrogen and oxygen atoms in total. The van der Waals surface area contributed by atoms with Crippen LogP contribution in [0.4, 0.5) is 0 Å². The molecule has 0 spiro atoms. The zero-order valence-corrected chi connectivity index (χ0v) is 12.4. The SMILES string of the molecule is COc1cc(Br)c(OC)c2c1CSCC[C@H]2N. The van der Waals surface area contributed by atoms with Crippen LogP contribution in [0.2, 0.25) is 0 Å². The number of hydrogen-bond acceptors (Lipinski definition) is 4. The molecule has 0 fully saturated rings. The van der Waals surface area contributed by atoms with Gasteiger partial charge in [-0.1, -0.05) is 0 Å². The first kappa shape index (κ1) is 13.1. The molecule has 0 amide bonds. The highest BCUT2D eigenvalue weighted by Gasteiger charge is 2.25. The van der Waals surface area contributed by atoms with E-state index < -0.39 is 0 Å². The van der Waals surface area contributed by atoms with E-state index in [0.717, 1.165) is 39.5 Å². The lowest BCUT2D eigenvalue weighted by atomic mass is 9.98. The maximum atomic E-state index is 6.25. The Hall–Kier alpha value is -0.390. The third-order valence-corrected chi connectivity index (χ3v) is 4.56. The fraction of sp³-hybridized carbons (Fsp3) is 0.500. The highest BCUT2D eigenvalue weighted by Crippen LogP contribution is 2.44. The number of ether oxygens (including phenoxy) is 2. The van der Waals surface area contributed by atoms with Gasteiger partial charge in [0.1, 0.15) is 11.5 Å². The average molecular weight is 318 g/mol. The van der Waals surface area contributed by atoms with Gasteiger partial charge in [-0.2, -0.15) is 11.8 Å². The van der Waals surface area contributed by atoms with Gasteiger partial charge >= 0.3 is 0 Å². The molecule has 0 aliphatic carbocycles. The topological polar surface area (TPSA) is 44.5 Å². The van der Waals surface area contributed by atoms with Crippen molar-refractivity contribution in [2.75, 3.05) is 20.0 Å². The molecule has 0 aromatic heterocycles. The van der Waals surface area contributed by atoms with Gasteiger partial charge in [0.25, 0.3) is 0 Å². The van der Waals surface area contributed by atoms with E-state index >= 15 is 0 Å². The highest BCUT2D eigenvalue weighted by molar-refractivity contribution is 9.10. The van der Waals surface area contributed by atoms with Gasteiger partial charge in [0, 0.05) is 22.9 Å². The maximum absolute atomic E-state index is 6.25. The molecule has 0 saturated heterocycles. The summed E-state index contributed by atoms with van der Waals surface area (Å²) in [4.78, 5) is 0. The molecule has 0 bridgehead atoms. The fourth-order valence-corrected chi connectivity index (χ4v) is 3.78. The molecule has 2 rings (SSSR count). The van der Waals surface area contributed by atoms with E-state index in [0.29, 0.717) is 0 Å². The first-order chi connectivity index (χ1) is 8.19. The molecule has 1 aromatic rings. The minimum Gasteiger partial charge on any atom is -0.496 e. The Bertz CT molecular complexity index is 425. The van der Waals surface area contributed by atoms with Crippen molar-refractivity contribution in [1.82, 2.24) is 0 Å². The summed E-state index contributed by atoms with van der Waals surface area (Å²) in [6, 6.07) is 1.97. The Labute approximate surface area is 114 Å². The Balaban J connectivity index is 2.65. The van der Waals surface area contributed by atoms with Crippen LogP contribution in [0, 0.1) is 0 Å². The van der Waals surface area contributed by atoms with Crippen LogP contribution in [0.3, 0.4) is 0 Å². The van der Waals surface area contributed by atoms with Crippen LogP contribution in [-0.4, -0.2) is 20.0 Å². The third-order valence-electron chi connectivity index (χ3n) is 2.96. The molecule has 0 radical (unpaired) electrons. The number of methoxy groups -OCH3 is 2. The van der Waals surface area contributed by atoms with Gasteiger partial charge < -0.3 is 15.2 Å². The van der Waals surface area contributed by atoms with E-state index in [-0.39, 0.29) is 6.04 Å². The van der Waals surface area contributed by atoms with Crippen molar-refractivity contribution in [2.24, 2.45) is 5.73 Å². The molecular weight excluding hydrogens is 302 g/mol. The fourth-order valence-electron chi connectivity index (χ4n) is 2.13. The number of halogens is 1. The Kier molecular flexibility index (Phi) is 4.22. The standard InChI is InChI=1S/C12H16BrNO2S/c1-15-10-5-8(13)12(16-2)11-7(10)6-17-4-3-9(11)14/h5,9H,3-4,6,14H2,1-2H3/t9-/m1/s1. The summed E-state index contributed by atoms with van der Waals surface area (Å²) < 4.78 is 11.8. The van der Waals surface area contributed by atoms with E-state index in [1.54, 1.807) is 14.2 Å². The van der Waals surface area contributed by atoms with Crippen molar-refractivity contribution in [3.63, 3.8) is 0 Å². The van der Waals surface area contributed by atoms with E-state index in [1.165, 1.54) is 5.56 Å². The van der Waals surface area contributed by atoms with Crippen LogP contribution in [0.25, 0.3) is 0 Å². The minimum absolute atomic E-state index is 0.0151. The van der Waals surface area contributed by atoms with Crippen LogP contribution in [0.1, 0.15) is 23.6 Å². The van der Waals surface area contributed by atoms with Crippen molar-refractivity contribution in [3.05, 3.63) is 21.7 Å². The predicted molar refractivity (Wildman–Crippen MR) is 75.0 cm³/mol. The zero-order valence-electron chi connectivity index (χ0n) is 9.96. The molecule has 1 aliphatic rings. The summed E-state index contributed by atoms with van der Waals surface area (Å²) >= 11 is 5.40. The molecule has 5 heteroatoms. The molecule has 0 unspecified atom stereocenters. The third kappa shape index (κ3) is 2.41. The van der Waals surface area contributed by atoms with Crippen LogP contribution in [-0.2, 0) is 5.75 Å². The molecule has 17 heavy (non-hydrogen) atoms. The lowest BCUT2D eigenvalue weighted by Gasteiger charge is -2.20. The van der Waals surface area contributed by atoms with Gasteiger partial charge in [-0.25, -0.2) is 0 Å². The quantitative estimate of drug-likeness (QED) is 0.910. The van der Waals surface area contributed by atoms with E-state index in [4.69, 9.17) is 15.2 Å². The zero-order chi connectivity index (χ0) is 12.4. The summed E-state index contributed by atoms with van der Waals surface area (Å²) in [6.45, 7) is 0. The average Bonchev–Trinajstić information content (AvgIpc) is 2.51. The van der Waals surface area contributed by atoms with Gasteiger partial charge in [-0.3, -0.25) is 0 Å². The summed E-state index contributed by atoms with van der Waals surface area (Å²) in [7, 11) is 3.37. The molecule has 94 valence electrons. The normalized spacial score (nSPS) is 19.4. The Morgan fingerprint density at radius 2 is 2.18 bits per heavy atom. The molecule has 1 aromatic carbocycles. The number of benzene rings is 1. The number of nitrogens with two attached hydrogens (primary N) is 1. The number of rotatable bonds is 2. The van der Waals surface area contributed by atoms with Crippen molar-refractivity contribution >= 4 is 27.7 Å². The van der Waals surface area contributed by atoms with E-state index in [1.807, 2.05) is 17.8 Å². The first-order valence-corrected chi connectivity index (χ1v) is 7.40. The summed E-state index contributed by atoms with van der Waals surface area (Å²) in [5.41, 5.74) is 8.50. The molecule has 1 atom stereocenters. The number of hydrogen-bond donors (Lipinski definition) is 1. The van der Waals surface area contributed by atoms with Crippen LogP contribution in [0.5, 0.6) is 11.5 Å². The van der Waals surface area contributed by atoms with Gasteiger partial charge in [-0.15, -0.1) is 0 Å². The number of fused-ring (bicyclic) bond motifs is 1. The van der Waals surface area contributed by atoms with Crippen LogP contribution in [0.15, 0.2) is 10.5 Å². The summed E-state index contributed by atoms with van der Waals surface area (Å²) in [6.07, 6.45) is 0.966. The van der Waals surface area contributed by atoms with Gasteiger partial charge in [0.05, 0.1) is 18.7 Å². The molecule has 0 saturated carbocycles. The summed E-state index contributed by atoms with van der Waals surface area (Å²) in [5.74, 6) is 3.73. The van der Waals surface area contributed by atoms with Crippen molar-refractivity contribution in [2.45, 2.75) is 18.2 Å². The van der Waals surface area contributed by atoms with Crippen molar-refractivity contribution < 1.29 is 9.47 Å². The Morgan fingerprint density at radius 3 is 2.82 bits per heavy atom. The van der Waals surface area contributed by atoms with E-state index in [2.05, 4.69) is 15.9 Å². The molecule has 1 heterocycles. The van der Waals surface area contributed by atoms with Crippen molar-refractivity contribution in [1.29, 1.82) is 0 Å².